The molecule has 1 aliphatic heterocycles. The lowest BCUT2D eigenvalue weighted by Crippen LogP contribution is -2.21. The monoisotopic (exact) mass is 474 g/mol. The molecule has 3 aromatic heterocycles. The zero-order chi connectivity index (χ0) is 24.2. The molecule has 0 aliphatic carbocycles. The third kappa shape index (κ3) is 4.76. The topological polar surface area (TPSA) is 108 Å². The molecule has 0 radical (unpaired) electrons. The quantitative estimate of drug-likeness (QED) is 0.363. The molecule has 2 N–H and O–H groups in total. The number of anilines is 2. The maximum absolute atomic E-state index is 13.1. The molecule has 1 amide bonds. The van der Waals surface area contributed by atoms with E-state index in [0.29, 0.717) is 42.0 Å². The number of aromatic nitrogens is 2. The lowest BCUT2D eigenvalue weighted by atomic mass is 10.2. The van der Waals surface area contributed by atoms with Crippen molar-refractivity contribution in [3.05, 3.63) is 78.0 Å². The number of fused-ring (bicyclic) bond motifs is 1. The Labute approximate surface area is 202 Å². The molecule has 35 heavy (non-hydrogen) atoms. The Morgan fingerprint density at radius 3 is 2.80 bits per heavy atom. The van der Waals surface area contributed by atoms with Gasteiger partial charge in [-0.05, 0) is 37.1 Å². The number of carbonyl (C=O) groups excluding carboxylic acids is 2. The number of hydrogen-bond acceptors (Lipinski definition) is 7. The number of nitrogens with one attached hydrogen (secondary N) is 2. The molecule has 4 aromatic rings. The maximum Gasteiger partial charge on any atom is 0.356 e. The number of nitrogens with zero attached hydrogens (tertiary/aromatic N) is 2. The molecule has 180 valence electrons. The minimum Gasteiger partial charge on any atom is -0.472 e. The zero-order valence-corrected chi connectivity index (χ0v) is 19.3. The van der Waals surface area contributed by atoms with Gasteiger partial charge >= 0.3 is 5.97 Å². The summed E-state index contributed by atoms with van der Waals surface area (Å²) < 4.78 is 17.9. The van der Waals surface area contributed by atoms with E-state index in [1.54, 1.807) is 47.6 Å². The van der Waals surface area contributed by atoms with Gasteiger partial charge in [-0.15, -0.1) is 0 Å². The highest BCUT2D eigenvalue weighted by Gasteiger charge is 2.29. The van der Waals surface area contributed by atoms with Crippen LogP contribution in [0.25, 0.3) is 11.0 Å². The van der Waals surface area contributed by atoms with Gasteiger partial charge in [-0.25, -0.2) is 9.78 Å². The van der Waals surface area contributed by atoms with Gasteiger partial charge in [0, 0.05) is 29.7 Å². The summed E-state index contributed by atoms with van der Waals surface area (Å²) in [5, 5.41) is 6.88. The smallest absolute Gasteiger partial charge is 0.356 e. The van der Waals surface area contributed by atoms with Crippen LogP contribution in [0.3, 0.4) is 0 Å². The van der Waals surface area contributed by atoms with Crippen molar-refractivity contribution in [1.82, 2.24) is 9.55 Å². The standard InChI is InChI=1S/C26H26N4O5/c1-33-26(32)23-22(29-25(31)18-6-3-2-4-7-18)21-12-19(27-13-17-9-11-34-16-17)14-28-24(21)30(23)15-20-8-5-10-35-20/h2-4,6-7,9,11-12,14,16,20,27H,5,8,10,13,15H2,1H3,(H,29,31). The van der Waals surface area contributed by atoms with Gasteiger partial charge in [0.1, 0.15) is 5.65 Å². The molecule has 1 atom stereocenters. The van der Waals surface area contributed by atoms with Gasteiger partial charge in [-0.2, -0.15) is 0 Å². The second kappa shape index (κ2) is 10.0. The number of pyridine rings is 1. The van der Waals surface area contributed by atoms with E-state index in [1.165, 1.54) is 7.11 Å². The highest BCUT2D eigenvalue weighted by atomic mass is 16.5. The minimum absolute atomic E-state index is 0.0487. The van der Waals surface area contributed by atoms with Crippen LogP contribution in [0, 0.1) is 0 Å². The molecule has 0 saturated carbocycles. The second-order valence-electron chi connectivity index (χ2n) is 8.36. The summed E-state index contributed by atoms with van der Waals surface area (Å²) in [6.45, 7) is 1.65. The highest BCUT2D eigenvalue weighted by molar-refractivity contribution is 6.14. The normalized spacial score (nSPS) is 15.3. The molecule has 1 fully saturated rings. The first-order chi connectivity index (χ1) is 17.1. The van der Waals surface area contributed by atoms with Crippen LogP contribution in [0.15, 0.2) is 65.6 Å². The molecular formula is C26H26N4O5. The third-order valence-corrected chi connectivity index (χ3v) is 6.04. The SMILES string of the molecule is COC(=O)c1c(NC(=O)c2ccccc2)c2cc(NCc3ccoc3)cnc2n1CC1CCCO1. The lowest BCUT2D eigenvalue weighted by molar-refractivity contribution is 0.0580. The average Bonchev–Trinajstić information content (AvgIpc) is 3.65. The van der Waals surface area contributed by atoms with Crippen molar-refractivity contribution >= 4 is 34.3 Å². The molecule has 4 heterocycles. The van der Waals surface area contributed by atoms with Crippen LogP contribution in [0.1, 0.15) is 39.3 Å². The molecule has 5 rings (SSSR count). The first kappa shape index (κ1) is 22.7. The molecule has 0 bridgehead atoms. The Balaban J connectivity index is 1.59. The Kier molecular flexibility index (Phi) is 6.49. The number of carbonyl (C=O) groups is 2. The Bertz CT molecular complexity index is 1330. The summed E-state index contributed by atoms with van der Waals surface area (Å²) in [6, 6.07) is 12.6. The number of rotatable bonds is 8. The molecule has 1 aliphatic rings. The summed E-state index contributed by atoms with van der Waals surface area (Å²) in [6.07, 6.45) is 6.79. The predicted molar refractivity (Wildman–Crippen MR) is 130 cm³/mol. The van der Waals surface area contributed by atoms with E-state index in [4.69, 9.17) is 13.9 Å². The van der Waals surface area contributed by atoms with Gasteiger partial charge < -0.3 is 29.1 Å². The van der Waals surface area contributed by atoms with E-state index < -0.39 is 5.97 Å². The highest BCUT2D eigenvalue weighted by Crippen LogP contribution is 2.34. The molecule has 1 aromatic carbocycles. The summed E-state index contributed by atoms with van der Waals surface area (Å²) in [4.78, 5) is 30.8. The Morgan fingerprint density at radius 1 is 1.23 bits per heavy atom. The van der Waals surface area contributed by atoms with E-state index in [0.717, 1.165) is 24.1 Å². The van der Waals surface area contributed by atoms with Crippen LogP contribution in [-0.2, 0) is 22.6 Å². The van der Waals surface area contributed by atoms with Crippen molar-refractivity contribution in [2.24, 2.45) is 0 Å². The van der Waals surface area contributed by atoms with Crippen molar-refractivity contribution < 1.29 is 23.5 Å². The summed E-state index contributed by atoms with van der Waals surface area (Å²) in [7, 11) is 1.32. The van der Waals surface area contributed by atoms with Gasteiger partial charge in [-0.3, -0.25) is 4.79 Å². The number of methoxy groups -OCH3 is 1. The van der Waals surface area contributed by atoms with E-state index in [2.05, 4.69) is 15.6 Å². The maximum atomic E-state index is 13.1. The van der Waals surface area contributed by atoms with Crippen LogP contribution in [-0.4, -0.2) is 41.2 Å². The van der Waals surface area contributed by atoms with Crippen molar-refractivity contribution in [1.29, 1.82) is 0 Å². The second-order valence-corrected chi connectivity index (χ2v) is 8.36. The van der Waals surface area contributed by atoms with Gasteiger partial charge in [0.05, 0.1) is 49.9 Å². The molecular weight excluding hydrogens is 448 g/mol. The third-order valence-electron chi connectivity index (χ3n) is 6.04. The van der Waals surface area contributed by atoms with Gasteiger partial charge in [0.2, 0.25) is 0 Å². The molecule has 1 unspecified atom stereocenters. The molecule has 0 spiro atoms. The van der Waals surface area contributed by atoms with E-state index in [1.807, 2.05) is 18.2 Å². The van der Waals surface area contributed by atoms with Crippen LogP contribution < -0.4 is 10.6 Å². The number of furan rings is 1. The van der Waals surface area contributed by atoms with Gasteiger partial charge in [0.25, 0.3) is 5.91 Å². The van der Waals surface area contributed by atoms with Crippen LogP contribution in [0.2, 0.25) is 0 Å². The zero-order valence-electron chi connectivity index (χ0n) is 19.3. The molecule has 1 saturated heterocycles. The molecule has 9 heteroatoms. The Hall–Kier alpha value is -4.11. The number of ether oxygens (including phenoxy) is 2. The van der Waals surface area contributed by atoms with Crippen molar-refractivity contribution in [2.45, 2.75) is 32.0 Å². The minimum atomic E-state index is -0.558. The first-order valence-corrected chi connectivity index (χ1v) is 11.5. The van der Waals surface area contributed by atoms with E-state index in [-0.39, 0.29) is 17.7 Å². The largest absolute Gasteiger partial charge is 0.472 e. The van der Waals surface area contributed by atoms with Crippen LogP contribution in [0.5, 0.6) is 0 Å². The summed E-state index contributed by atoms with van der Waals surface area (Å²) >= 11 is 0. The van der Waals surface area contributed by atoms with Crippen molar-refractivity contribution in [3.8, 4) is 0 Å². The molecule has 9 nitrogen and oxygen atoms in total. The number of benzene rings is 1. The van der Waals surface area contributed by atoms with Gasteiger partial charge in [0.15, 0.2) is 5.69 Å². The fourth-order valence-corrected chi connectivity index (χ4v) is 4.30. The number of hydrogen-bond donors (Lipinski definition) is 2. The van der Waals surface area contributed by atoms with Crippen LogP contribution >= 0.6 is 0 Å². The van der Waals surface area contributed by atoms with Crippen LogP contribution in [0.4, 0.5) is 11.4 Å². The predicted octanol–water partition coefficient (Wildman–Crippen LogP) is 4.46. The number of esters is 1. The fourth-order valence-electron chi connectivity index (χ4n) is 4.30. The summed E-state index contributed by atoms with van der Waals surface area (Å²) in [5.41, 5.74) is 3.36. The fraction of sp³-hybridized carbons (Fsp3) is 0.269. The lowest BCUT2D eigenvalue weighted by Gasteiger charge is -2.14. The van der Waals surface area contributed by atoms with E-state index >= 15 is 0 Å². The average molecular weight is 475 g/mol. The van der Waals surface area contributed by atoms with Crippen molar-refractivity contribution in [3.63, 3.8) is 0 Å². The summed E-state index contributed by atoms with van der Waals surface area (Å²) in [5.74, 6) is -0.888. The first-order valence-electron chi connectivity index (χ1n) is 11.5. The number of amides is 1. The Morgan fingerprint density at radius 2 is 2.09 bits per heavy atom. The van der Waals surface area contributed by atoms with E-state index in [9.17, 15) is 9.59 Å². The van der Waals surface area contributed by atoms with Gasteiger partial charge in [-0.1, -0.05) is 18.2 Å². The van der Waals surface area contributed by atoms with Crippen molar-refractivity contribution in [2.75, 3.05) is 24.4 Å².